The predicted octanol–water partition coefficient (Wildman–Crippen LogP) is 2.56. The summed E-state index contributed by atoms with van der Waals surface area (Å²) in [6, 6.07) is 2.94. The fourth-order valence-corrected chi connectivity index (χ4v) is 4.65. The Morgan fingerprint density at radius 1 is 0.562 bits per heavy atom. The molecule has 0 unspecified atom stereocenters. The number of aromatic nitrogens is 17. The molecule has 10 heterocycles. The van der Waals surface area contributed by atoms with Crippen molar-refractivity contribution in [2.24, 2.45) is 0 Å². The molecule has 10 aromatic heterocycles. The van der Waals surface area contributed by atoms with E-state index in [4.69, 9.17) is 51.1 Å². The van der Waals surface area contributed by atoms with Crippen molar-refractivity contribution < 1.29 is 112 Å². The van der Waals surface area contributed by atoms with Crippen molar-refractivity contribution in [2.45, 2.75) is 0 Å². The normalized spacial score (nSPS) is 9.00. The van der Waals surface area contributed by atoms with E-state index in [1.807, 2.05) is 0 Å². The summed E-state index contributed by atoms with van der Waals surface area (Å²) in [5.74, 6) is -10.2. The molecule has 13 N–H and O–H groups in total. The number of hydrogen-bond acceptors (Lipinski definition) is 29. The lowest BCUT2D eigenvalue weighted by Crippen LogP contribution is -2.07. The van der Waals surface area contributed by atoms with Crippen LogP contribution < -0.4 is 0 Å². The third-order valence-corrected chi connectivity index (χ3v) is 8.42. The largest absolute Gasteiger partial charge is 0.477 e. The summed E-state index contributed by atoms with van der Waals surface area (Å²) in [5.41, 5.74) is 3.16. The average molecular weight is 1180 g/mol. The van der Waals surface area contributed by atoms with E-state index in [9.17, 15) is 47.9 Å². The second kappa shape index (κ2) is 37.6. The molecule has 0 aliphatic rings. The van der Waals surface area contributed by atoms with Gasteiger partial charge in [0.1, 0.15) is 35.8 Å². The first-order valence-electron chi connectivity index (χ1n) is 19.3. The topological polar surface area (TPSA) is 632 Å². The van der Waals surface area contributed by atoms with Crippen LogP contribution in [0.25, 0.3) is 0 Å². The number of nitrogens with zero attached hydrogens (tertiary/aromatic N) is 14. The van der Waals surface area contributed by atoms with Crippen LogP contribution in [0.5, 0.6) is 0 Å². The first kappa shape index (κ1) is 65.9. The highest BCUT2D eigenvalue weighted by atomic mass is 32.1. The van der Waals surface area contributed by atoms with Crippen molar-refractivity contribution in [2.75, 3.05) is 0 Å². The van der Waals surface area contributed by atoms with E-state index < -0.39 is 59.8 Å². The van der Waals surface area contributed by atoms with Crippen LogP contribution in [-0.4, -0.2) is 196 Å². The zero-order chi connectivity index (χ0) is 59.8. The highest BCUT2D eigenvalue weighted by molar-refractivity contribution is 7.11. The second-order valence-electron chi connectivity index (χ2n) is 11.7. The zero-order valence-corrected chi connectivity index (χ0v) is 41.1. The maximum Gasteiger partial charge on any atom is 0.432 e. The minimum absolute atomic E-state index is 0.0324. The van der Waals surface area contributed by atoms with Crippen LogP contribution in [0.3, 0.4) is 0 Å². The van der Waals surface area contributed by atoms with Crippen LogP contribution in [0.15, 0.2) is 122 Å². The number of oxazole rings is 2. The molecule has 10 rings (SSSR count). The molecule has 0 amide bonds. The zero-order valence-electron chi connectivity index (χ0n) is 38.7. The van der Waals surface area contributed by atoms with E-state index in [2.05, 4.69) is 94.0 Å². The maximum atomic E-state index is 10.0. The van der Waals surface area contributed by atoms with Gasteiger partial charge in [-0.15, -0.1) is 43.1 Å². The Kier molecular flexibility index (Phi) is 30.9. The van der Waals surface area contributed by atoms with Gasteiger partial charge in [0, 0.05) is 35.5 Å². The number of carbonyl (C=O) groups is 10. The monoisotopic (exact) mass is 1180 g/mol. The number of hydrogen-bond donors (Lipinski definition) is 13. The molecule has 0 saturated carbocycles. The van der Waals surface area contributed by atoms with Crippen LogP contribution in [0.4, 0.5) is 4.79 Å². The molecule has 0 atom stereocenters. The van der Waals surface area contributed by atoms with Crippen molar-refractivity contribution >= 4 is 93.8 Å². The molecule has 0 fully saturated rings. The van der Waals surface area contributed by atoms with E-state index in [0.717, 1.165) is 52.7 Å². The quantitative estimate of drug-likeness (QED) is 0.0987. The standard InChI is InChI=1S/3C4H4N2O2.2C4H3NO3.2C4H3NO2S.C3H3N3O2.C3H2N2O3.C3H2N2O2S/c7-4(8)3-1-5-2-6-3;7-4(8)6-3-1-2-5-6;7-4(8)3-1-2-5-6-3;6-4(7)3-1-8-2-5-3;6-4(7)3-5-1-2-8-3;6-4(7)3-1-8-2-5-3;6-4(7)3-5-1-2-8-3;7-3(8)2-4-1-5-6-2;2*6-3(7)2-5-4-1-8-2/h1-2H,(H,5,6)(H,7,8);1-3H,(H,7,8);1-2H,(H,5,6)(H,7,8);4*1-2H,(H,6,7);1H,(H,7,8)(H,4,5,6);2*1H,(H,6,7). The Balaban J connectivity index is 0.000000444. The number of aromatic carboxylic acids is 9. The summed E-state index contributed by atoms with van der Waals surface area (Å²) in [5, 5.41) is 113. The van der Waals surface area contributed by atoms with E-state index in [1.54, 1.807) is 11.4 Å². The van der Waals surface area contributed by atoms with Crippen molar-refractivity contribution in [3.8, 4) is 0 Å². The number of nitrogens with one attached hydrogen (secondary N) is 3. The van der Waals surface area contributed by atoms with Crippen molar-refractivity contribution in [1.82, 2.24) is 85.5 Å². The van der Waals surface area contributed by atoms with Crippen molar-refractivity contribution in [1.29, 1.82) is 0 Å². The highest BCUT2D eigenvalue weighted by Gasteiger charge is 2.08. The maximum absolute atomic E-state index is 10.0. The van der Waals surface area contributed by atoms with Gasteiger partial charge in [-0.1, -0.05) is 11.3 Å². The average Bonchev–Trinajstić information content (AvgIpc) is 4.28. The number of carboxylic acid groups (broad SMARTS) is 10. The fraction of sp³-hybridized carbons (Fsp3) is 0. The van der Waals surface area contributed by atoms with Crippen LogP contribution in [0.1, 0.15) is 93.5 Å². The molecule has 0 saturated heterocycles. The van der Waals surface area contributed by atoms with Crippen LogP contribution >= 0.6 is 34.0 Å². The first-order valence-corrected chi connectivity index (χ1v) is 22.0. The van der Waals surface area contributed by atoms with E-state index in [1.165, 1.54) is 83.6 Å². The summed E-state index contributed by atoms with van der Waals surface area (Å²) in [6.07, 6.45) is 13.9. The van der Waals surface area contributed by atoms with Gasteiger partial charge in [-0.3, -0.25) is 10.2 Å². The molecule has 0 radical (unpaired) electrons. The van der Waals surface area contributed by atoms with Gasteiger partial charge in [-0.25, -0.2) is 77.8 Å². The molecule has 0 bridgehead atoms. The Labute approximate surface area is 449 Å². The Morgan fingerprint density at radius 2 is 1.26 bits per heavy atom. The summed E-state index contributed by atoms with van der Waals surface area (Å²) in [4.78, 5) is 123. The number of aromatic amines is 3. The Morgan fingerprint density at radius 3 is 1.51 bits per heavy atom. The van der Waals surface area contributed by atoms with Crippen molar-refractivity contribution in [3.05, 3.63) is 159 Å². The minimum Gasteiger partial charge on any atom is -0.477 e. The van der Waals surface area contributed by atoms with E-state index in [0.29, 0.717) is 0 Å². The molecule has 80 heavy (non-hydrogen) atoms. The molecular weight excluding hydrogens is 1150 g/mol. The van der Waals surface area contributed by atoms with Gasteiger partial charge in [0.2, 0.25) is 22.2 Å². The van der Waals surface area contributed by atoms with Crippen LogP contribution in [0.2, 0.25) is 0 Å². The number of rotatable bonds is 9. The lowest BCUT2D eigenvalue weighted by Gasteiger charge is -1.85. The van der Waals surface area contributed by atoms with Crippen LogP contribution in [0, 0.1) is 0 Å². The summed E-state index contributed by atoms with van der Waals surface area (Å²) >= 11 is 3.41. The highest BCUT2D eigenvalue weighted by Crippen LogP contribution is 2.02. The lowest BCUT2D eigenvalue weighted by atomic mass is 10.5. The smallest absolute Gasteiger partial charge is 0.432 e. The molecule has 40 nitrogen and oxygen atoms in total. The van der Waals surface area contributed by atoms with Gasteiger partial charge in [0.15, 0.2) is 17.8 Å². The van der Waals surface area contributed by atoms with Gasteiger partial charge in [-0.05, 0) is 12.1 Å². The summed E-state index contributed by atoms with van der Waals surface area (Å²) in [7, 11) is 0. The second-order valence-corrected chi connectivity index (χ2v) is 14.1. The first-order chi connectivity index (χ1) is 38.0. The molecule has 43 heteroatoms. The summed E-state index contributed by atoms with van der Waals surface area (Å²) < 4.78 is 13.9. The number of carboxylic acids is 9. The third kappa shape index (κ3) is 28.9. The molecule has 0 aliphatic heterocycles. The van der Waals surface area contributed by atoms with Gasteiger partial charge in [-0.2, -0.15) is 20.0 Å². The molecule has 0 aromatic carbocycles. The number of imidazole rings is 1. The van der Waals surface area contributed by atoms with Gasteiger partial charge in [0.25, 0.3) is 0 Å². The number of H-pyrrole nitrogens is 3. The van der Waals surface area contributed by atoms with E-state index >= 15 is 0 Å². The van der Waals surface area contributed by atoms with Gasteiger partial charge < -0.3 is 69.3 Å². The SMILES string of the molecule is O=C(O)c1ccn[nH]1.O=C(O)c1cnc[nH]1.O=C(O)c1cocn1.O=C(O)c1cscn1.O=C(O)c1ncco1.O=C(O)c1nccs1.O=C(O)c1ncn[nH]1.O=C(O)c1nnco1.O=C(O)c1nncs1.O=C(O)n1cccn1. The van der Waals surface area contributed by atoms with Gasteiger partial charge >= 0.3 is 71.6 Å². The molecule has 420 valence electrons. The molecule has 0 spiro atoms. The Bertz CT molecular complexity index is 2550. The predicted molar refractivity (Wildman–Crippen MR) is 253 cm³/mol. The van der Waals surface area contributed by atoms with Gasteiger partial charge in [0.05, 0.1) is 24.2 Å². The molecular formula is C37H31N17O23S3. The fourth-order valence-electron chi connectivity index (χ4n) is 3.27. The minimum atomic E-state index is -1.21. The third-order valence-electron chi connectivity index (χ3n) is 6.40. The Hall–Kier alpha value is -12.1. The van der Waals surface area contributed by atoms with Crippen LogP contribution in [-0.2, 0) is 0 Å². The molecule has 10 aromatic rings. The number of thiazole rings is 2. The van der Waals surface area contributed by atoms with Crippen molar-refractivity contribution in [3.63, 3.8) is 0 Å². The van der Waals surface area contributed by atoms with E-state index in [-0.39, 0.29) is 50.4 Å². The summed E-state index contributed by atoms with van der Waals surface area (Å²) in [6.45, 7) is 0. The lowest BCUT2D eigenvalue weighted by molar-refractivity contribution is 0.0644. The molecule has 0 aliphatic carbocycles.